The number of ether oxygens (including phenoxy) is 2. The third kappa shape index (κ3) is 2.78. The van der Waals surface area contributed by atoms with E-state index in [4.69, 9.17) is 14.7 Å². The topological polar surface area (TPSA) is 59.3 Å². The largest absolute Gasteiger partial charge is 0.493 e. The van der Waals surface area contributed by atoms with E-state index >= 15 is 0 Å². The highest BCUT2D eigenvalue weighted by Crippen LogP contribution is 2.30. The van der Waals surface area contributed by atoms with Crippen LogP contribution in [-0.2, 0) is 6.61 Å². The lowest BCUT2D eigenvalue weighted by molar-refractivity contribution is 0.111. The summed E-state index contributed by atoms with van der Waals surface area (Å²) < 4.78 is 10.9. The molecule has 0 saturated carbocycles. The highest BCUT2D eigenvalue weighted by Gasteiger charge is 2.11. The van der Waals surface area contributed by atoms with Gasteiger partial charge in [0.25, 0.3) is 0 Å². The minimum Gasteiger partial charge on any atom is -0.493 e. The second-order valence-electron chi connectivity index (χ2n) is 4.05. The van der Waals surface area contributed by atoms with Crippen LogP contribution < -0.4 is 9.47 Å². The molecule has 0 amide bonds. The fraction of sp³-hybridized carbons (Fsp3) is 0.125. The number of nitrogens with zero attached hydrogens (tertiary/aromatic N) is 1. The zero-order valence-electron chi connectivity index (χ0n) is 11.0. The SMILES string of the molecule is COc1cccc(C=O)c1OCc1ccccc1C#N. The Morgan fingerprint density at radius 3 is 2.70 bits per heavy atom. The van der Waals surface area contributed by atoms with Gasteiger partial charge >= 0.3 is 0 Å². The number of rotatable bonds is 5. The maximum Gasteiger partial charge on any atom is 0.172 e. The van der Waals surface area contributed by atoms with Gasteiger partial charge in [-0.1, -0.05) is 24.3 Å². The van der Waals surface area contributed by atoms with Crippen LogP contribution in [0.3, 0.4) is 0 Å². The Kier molecular flexibility index (Phi) is 4.35. The van der Waals surface area contributed by atoms with E-state index in [1.165, 1.54) is 7.11 Å². The molecule has 20 heavy (non-hydrogen) atoms. The molecule has 0 N–H and O–H groups in total. The molecule has 0 saturated heterocycles. The zero-order chi connectivity index (χ0) is 14.4. The van der Waals surface area contributed by atoms with Crippen LogP contribution in [0, 0.1) is 11.3 Å². The summed E-state index contributed by atoms with van der Waals surface area (Å²) in [5.41, 5.74) is 1.73. The first-order chi connectivity index (χ1) is 9.80. The second kappa shape index (κ2) is 6.39. The molecule has 100 valence electrons. The molecule has 2 rings (SSSR count). The monoisotopic (exact) mass is 267 g/mol. The third-order valence-corrected chi connectivity index (χ3v) is 2.87. The number of carbonyl (C=O) groups excluding carboxylic acids is 1. The molecule has 0 fully saturated rings. The van der Waals surface area contributed by atoms with Gasteiger partial charge in [0.1, 0.15) is 6.61 Å². The van der Waals surface area contributed by atoms with Gasteiger partial charge in [-0.3, -0.25) is 4.79 Å². The Morgan fingerprint density at radius 1 is 1.20 bits per heavy atom. The lowest BCUT2D eigenvalue weighted by Crippen LogP contribution is -2.02. The van der Waals surface area contributed by atoms with E-state index in [9.17, 15) is 4.79 Å². The van der Waals surface area contributed by atoms with Gasteiger partial charge in [-0.2, -0.15) is 5.26 Å². The average molecular weight is 267 g/mol. The molecular weight excluding hydrogens is 254 g/mol. The maximum absolute atomic E-state index is 11.0. The summed E-state index contributed by atoms with van der Waals surface area (Å²) in [6.07, 6.45) is 0.716. The maximum atomic E-state index is 11.0. The van der Waals surface area contributed by atoms with Crippen molar-refractivity contribution in [2.75, 3.05) is 7.11 Å². The van der Waals surface area contributed by atoms with Gasteiger partial charge in [0, 0.05) is 5.56 Å². The number of aldehydes is 1. The second-order valence-corrected chi connectivity index (χ2v) is 4.05. The summed E-state index contributed by atoms with van der Waals surface area (Å²) in [5.74, 6) is 0.877. The number of hydrogen-bond donors (Lipinski definition) is 0. The number of hydrogen-bond acceptors (Lipinski definition) is 4. The molecule has 0 bridgehead atoms. The van der Waals surface area contributed by atoms with Gasteiger partial charge in [0.2, 0.25) is 0 Å². The number of benzene rings is 2. The van der Waals surface area contributed by atoms with Gasteiger partial charge in [-0.15, -0.1) is 0 Å². The lowest BCUT2D eigenvalue weighted by atomic mass is 10.1. The Labute approximate surface area is 117 Å². The summed E-state index contributed by atoms with van der Waals surface area (Å²) in [4.78, 5) is 11.0. The quantitative estimate of drug-likeness (QED) is 0.781. The van der Waals surface area contributed by atoms with Crippen LogP contribution >= 0.6 is 0 Å². The van der Waals surface area contributed by atoms with Crippen molar-refractivity contribution >= 4 is 6.29 Å². The summed E-state index contributed by atoms with van der Waals surface area (Å²) in [6.45, 7) is 0.199. The molecule has 0 spiro atoms. The molecular formula is C16H13NO3. The van der Waals surface area contributed by atoms with Gasteiger partial charge in [-0.25, -0.2) is 0 Å². The third-order valence-electron chi connectivity index (χ3n) is 2.87. The lowest BCUT2D eigenvalue weighted by Gasteiger charge is -2.13. The predicted molar refractivity (Wildman–Crippen MR) is 73.9 cm³/mol. The summed E-state index contributed by atoms with van der Waals surface area (Å²) in [7, 11) is 1.51. The number of para-hydroxylation sites is 1. The Balaban J connectivity index is 2.27. The zero-order valence-corrected chi connectivity index (χ0v) is 11.0. The molecule has 0 radical (unpaired) electrons. The number of nitriles is 1. The van der Waals surface area contributed by atoms with Crippen LogP contribution in [0.5, 0.6) is 11.5 Å². The molecule has 2 aromatic carbocycles. The van der Waals surface area contributed by atoms with Crippen molar-refractivity contribution in [2.45, 2.75) is 6.61 Å². The van der Waals surface area contributed by atoms with Crippen molar-refractivity contribution in [3.8, 4) is 17.6 Å². The molecule has 2 aromatic rings. The highest BCUT2D eigenvalue weighted by molar-refractivity contribution is 5.81. The van der Waals surface area contributed by atoms with E-state index in [0.29, 0.717) is 28.9 Å². The Bertz CT molecular complexity index is 659. The molecule has 0 aliphatic carbocycles. The van der Waals surface area contributed by atoms with Gasteiger partial charge < -0.3 is 9.47 Å². The standard InChI is InChI=1S/C16H13NO3/c1-19-15-8-4-7-13(10-18)16(15)20-11-14-6-3-2-5-12(14)9-17/h2-8,10H,11H2,1H3. The average Bonchev–Trinajstić information content (AvgIpc) is 2.52. The van der Waals surface area contributed by atoms with Gasteiger partial charge in [-0.05, 0) is 18.2 Å². The Morgan fingerprint density at radius 2 is 2.00 bits per heavy atom. The summed E-state index contributed by atoms with van der Waals surface area (Å²) in [5, 5.41) is 9.03. The van der Waals surface area contributed by atoms with Crippen LogP contribution in [0.2, 0.25) is 0 Å². The normalized spacial score (nSPS) is 9.60. The summed E-state index contributed by atoms with van der Waals surface area (Å²) in [6, 6.07) is 14.4. The molecule has 0 unspecified atom stereocenters. The van der Waals surface area contributed by atoms with E-state index in [1.54, 1.807) is 30.3 Å². The van der Waals surface area contributed by atoms with E-state index in [-0.39, 0.29) is 6.61 Å². The molecule has 0 atom stereocenters. The fourth-order valence-electron chi connectivity index (χ4n) is 1.85. The van der Waals surface area contributed by atoms with E-state index < -0.39 is 0 Å². The predicted octanol–water partition coefficient (Wildman–Crippen LogP) is 2.96. The first-order valence-electron chi connectivity index (χ1n) is 6.03. The van der Waals surface area contributed by atoms with Crippen molar-refractivity contribution in [1.29, 1.82) is 5.26 Å². The molecule has 4 nitrogen and oxygen atoms in total. The van der Waals surface area contributed by atoms with Crippen LogP contribution in [0.4, 0.5) is 0 Å². The van der Waals surface area contributed by atoms with Crippen LogP contribution in [0.25, 0.3) is 0 Å². The molecule has 0 aliphatic rings. The van der Waals surface area contributed by atoms with Gasteiger partial charge in [0.05, 0.1) is 24.3 Å². The van der Waals surface area contributed by atoms with Crippen molar-refractivity contribution in [1.82, 2.24) is 0 Å². The molecule has 0 heterocycles. The molecule has 4 heteroatoms. The van der Waals surface area contributed by atoms with Crippen LogP contribution in [0.1, 0.15) is 21.5 Å². The summed E-state index contributed by atoms with van der Waals surface area (Å²) >= 11 is 0. The van der Waals surface area contributed by atoms with Gasteiger partial charge in [0.15, 0.2) is 17.8 Å². The minimum atomic E-state index is 0.199. The van der Waals surface area contributed by atoms with Crippen molar-refractivity contribution in [3.05, 3.63) is 59.2 Å². The number of methoxy groups -OCH3 is 1. The first-order valence-corrected chi connectivity index (χ1v) is 6.03. The highest BCUT2D eigenvalue weighted by atomic mass is 16.5. The smallest absolute Gasteiger partial charge is 0.172 e. The van der Waals surface area contributed by atoms with Crippen molar-refractivity contribution in [2.24, 2.45) is 0 Å². The van der Waals surface area contributed by atoms with E-state index in [2.05, 4.69) is 6.07 Å². The fourth-order valence-corrected chi connectivity index (χ4v) is 1.85. The van der Waals surface area contributed by atoms with Crippen LogP contribution in [-0.4, -0.2) is 13.4 Å². The van der Waals surface area contributed by atoms with E-state index in [1.807, 2.05) is 12.1 Å². The van der Waals surface area contributed by atoms with E-state index in [0.717, 1.165) is 5.56 Å². The molecule has 0 aliphatic heterocycles. The minimum absolute atomic E-state index is 0.199. The number of carbonyl (C=O) groups is 1. The van der Waals surface area contributed by atoms with Crippen molar-refractivity contribution in [3.63, 3.8) is 0 Å². The molecule has 0 aromatic heterocycles. The van der Waals surface area contributed by atoms with Crippen LogP contribution in [0.15, 0.2) is 42.5 Å². The van der Waals surface area contributed by atoms with Crippen molar-refractivity contribution < 1.29 is 14.3 Å². The Hall–Kier alpha value is -2.80. The first kappa shape index (κ1) is 13.6.